The highest BCUT2D eigenvalue weighted by molar-refractivity contribution is 5.83. The summed E-state index contributed by atoms with van der Waals surface area (Å²) in [4.78, 5) is 32.9. The van der Waals surface area contributed by atoms with Gasteiger partial charge in [-0.1, -0.05) is 6.07 Å². The molecule has 4 rings (SSSR count). The molecule has 0 aromatic carbocycles. The van der Waals surface area contributed by atoms with Gasteiger partial charge in [0.25, 0.3) is 0 Å². The number of hydrogen-bond donors (Lipinski definition) is 0. The summed E-state index contributed by atoms with van der Waals surface area (Å²) in [6.07, 6.45) is 8.26. The lowest BCUT2D eigenvalue weighted by Gasteiger charge is -2.35. The molecule has 0 N–H and O–H groups in total. The van der Waals surface area contributed by atoms with E-state index in [2.05, 4.69) is 19.9 Å². The van der Waals surface area contributed by atoms with Gasteiger partial charge in [0.1, 0.15) is 18.2 Å². The predicted octanol–water partition coefficient (Wildman–Crippen LogP) is 1.66. The third-order valence-electron chi connectivity index (χ3n) is 5.46. The Kier molecular flexibility index (Phi) is 5.03. The molecule has 2 aliphatic heterocycles. The molecule has 2 aliphatic rings. The molecule has 142 valence electrons. The topological polar surface area (TPSA) is 65.5 Å². The molecule has 4 heterocycles. The Morgan fingerprint density at radius 1 is 1.19 bits per heavy atom. The molecule has 2 aromatic heterocycles. The molecular weight excluding hydrogens is 340 g/mol. The molecule has 1 fully saturated rings. The first kappa shape index (κ1) is 17.9. The average Bonchev–Trinajstić information content (AvgIpc) is 3.22. The van der Waals surface area contributed by atoms with E-state index in [9.17, 15) is 4.79 Å². The smallest absolute Gasteiger partial charge is 0.244 e. The Labute approximate surface area is 160 Å². The lowest BCUT2D eigenvalue weighted by Crippen LogP contribution is -2.44. The lowest BCUT2D eigenvalue weighted by atomic mass is 10.0. The molecule has 2 aromatic rings. The van der Waals surface area contributed by atoms with E-state index in [0.717, 1.165) is 55.0 Å². The van der Waals surface area contributed by atoms with Gasteiger partial charge in [-0.2, -0.15) is 0 Å². The van der Waals surface area contributed by atoms with Crippen LogP contribution in [-0.2, 0) is 17.8 Å². The fourth-order valence-electron chi connectivity index (χ4n) is 4.13. The lowest BCUT2D eigenvalue weighted by molar-refractivity contribution is -0.138. The van der Waals surface area contributed by atoms with Crippen molar-refractivity contribution in [2.45, 2.75) is 31.8 Å². The molecular formula is C20H26N6O. The zero-order valence-corrected chi connectivity index (χ0v) is 16.0. The summed E-state index contributed by atoms with van der Waals surface area (Å²) >= 11 is 0. The van der Waals surface area contributed by atoms with Gasteiger partial charge < -0.3 is 9.80 Å². The Morgan fingerprint density at radius 2 is 2.00 bits per heavy atom. The minimum atomic E-state index is -0.252. The zero-order chi connectivity index (χ0) is 18.8. The van der Waals surface area contributed by atoms with Gasteiger partial charge in [-0.05, 0) is 44.0 Å². The van der Waals surface area contributed by atoms with Gasteiger partial charge in [-0.3, -0.25) is 14.7 Å². The molecule has 1 atom stereocenters. The Morgan fingerprint density at radius 3 is 2.70 bits per heavy atom. The number of fused-ring (bicyclic) bond motifs is 1. The number of amides is 1. The SMILES string of the molecule is CN(C)c1ncnc2c1CCN(C(=O)C(c1cccnc1)N1CCCC1)C2. The molecule has 27 heavy (non-hydrogen) atoms. The monoisotopic (exact) mass is 366 g/mol. The first-order valence-corrected chi connectivity index (χ1v) is 9.58. The summed E-state index contributed by atoms with van der Waals surface area (Å²) in [7, 11) is 3.98. The van der Waals surface area contributed by atoms with Gasteiger partial charge in [0.15, 0.2) is 0 Å². The van der Waals surface area contributed by atoms with Crippen molar-refractivity contribution >= 4 is 11.7 Å². The van der Waals surface area contributed by atoms with Gasteiger partial charge in [0, 0.05) is 38.6 Å². The minimum absolute atomic E-state index is 0.153. The van der Waals surface area contributed by atoms with Crippen molar-refractivity contribution in [1.82, 2.24) is 24.8 Å². The highest BCUT2D eigenvalue weighted by Gasteiger charge is 2.35. The molecule has 1 unspecified atom stereocenters. The van der Waals surface area contributed by atoms with Crippen molar-refractivity contribution in [1.29, 1.82) is 0 Å². The van der Waals surface area contributed by atoms with Crippen LogP contribution in [0.4, 0.5) is 5.82 Å². The van der Waals surface area contributed by atoms with E-state index in [1.165, 1.54) is 0 Å². The molecule has 7 heteroatoms. The maximum Gasteiger partial charge on any atom is 0.244 e. The van der Waals surface area contributed by atoms with Crippen LogP contribution in [0.2, 0.25) is 0 Å². The van der Waals surface area contributed by atoms with E-state index < -0.39 is 0 Å². The highest BCUT2D eigenvalue weighted by atomic mass is 16.2. The fraction of sp³-hybridized carbons (Fsp3) is 0.500. The van der Waals surface area contributed by atoms with Crippen molar-refractivity contribution in [3.8, 4) is 0 Å². The van der Waals surface area contributed by atoms with Crippen LogP contribution in [0.5, 0.6) is 0 Å². The number of carbonyl (C=O) groups is 1. The van der Waals surface area contributed by atoms with Crippen molar-refractivity contribution in [3.63, 3.8) is 0 Å². The first-order chi connectivity index (χ1) is 13.1. The number of nitrogens with zero attached hydrogens (tertiary/aromatic N) is 6. The van der Waals surface area contributed by atoms with Gasteiger partial charge in [-0.15, -0.1) is 0 Å². The van der Waals surface area contributed by atoms with E-state index in [1.807, 2.05) is 42.2 Å². The first-order valence-electron chi connectivity index (χ1n) is 9.58. The second-order valence-corrected chi connectivity index (χ2v) is 7.46. The fourth-order valence-corrected chi connectivity index (χ4v) is 4.13. The van der Waals surface area contributed by atoms with Crippen LogP contribution in [0.1, 0.15) is 35.7 Å². The van der Waals surface area contributed by atoms with E-state index in [1.54, 1.807) is 12.5 Å². The maximum absolute atomic E-state index is 13.5. The van der Waals surface area contributed by atoms with Crippen LogP contribution >= 0.6 is 0 Å². The van der Waals surface area contributed by atoms with Crippen molar-refractivity contribution in [2.24, 2.45) is 0 Å². The van der Waals surface area contributed by atoms with Crippen LogP contribution in [0.3, 0.4) is 0 Å². The second-order valence-electron chi connectivity index (χ2n) is 7.46. The van der Waals surface area contributed by atoms with Gasteiger partial charge in [0.2, 0.25) is 5.91 Å². The van der Waals surface area contributed by atoms with Crippen LogP contribution in [0.15, 0.2) is 30.9 Å². The zero-order valence-electron chi connectivity index (χ0n) is 16.0. The third-order valence-corrected chi connectivity index (χ3v) is 5.46. The quantitative estimate of drug-likeness (QED) is 0.820. The molecule has 1 saturated heterocycles. The van der Waals surface area contributed by atoms with Crippen LogP contribution in [0, 0.1) is 0 Å². The van der Waals surface area contributed by atoms with E-state index in [0.29, 0.717) is 13.1 Å². The molecule has 0 spiro atoms. The van der Waals surface area contributed by atoms with Crippen molar-refractivity contribution in [3.05, 3.63) is 47.7 Å². The summed E-state index contributed by atoms with van der Waals surface area (Å²) in [6, 6.07) is 3.67. The number of carbonyl (C=O) groups excluding carboxylic acids is 1. The standard InChI is InChI=1S/C20H26N6O/c1-24(2)19-16-7-11-26(13-17(16)22-14-23-19)20(27)18(25-9-3-4-10-25)15-6-5-8-21-12-15/h5-6,8,12,14,18H,3-4,7,9-11,13H2,1-2H3. The largest absolute Gasteiger partial charge is 0.362 e. The minimum Gasteiger partial charge on any atom is -0.362 e. The summed E-state index contributed by atoms with van der Waals surface area (Å²) in [5, 5.41) is 0. The molecule has 0 aliphatic carbocycles. The number of likely N-dealkylation sites (tertiary alicyclic amines) is 1. The predicted molar refractivity (Wildman–Crippen MR) is 103 cm³/mol. The summed E-state index contributed by atoms with van der Waals surface area (Å²) < 4.78 is 0. The van der Waals surface area contributed by atoms with Crippen LogP contribution in [-0.4, -0.2) is 64.4 Å². The number of rotatable bonds is 4. The second kappa shape index (κ2) is 7.60. The van der Waals surface area contributed by atoms with E-state index in [-0.39, 0.29) is 11.9 Å². The van der Waals surface area contributed by atoms with Crippen molar-refractivity contribution in [2.75, 3.05) is 38.6 Å². The highest BCUT2D eigenvalue weighted by Crippen LogP contribution is 2.30. The Balaban J connectivity index is 1.60. The molecule has 0 bridgehead atoms. The van der Waals surface area contributed by atoms with Gasteiger partial charge in [-0.25, -0.2) is 9.97 Å². The molecule has 7 nitrogen and oxygen atoms in total. The maximum atomic E-state index is 13.5. The van der Waals surface area contributed by atoms with E-state index >= 15 is 0 Å². The van der Waals surface area contributed by atoms with E-state index in [4.69, 9.17) is 0 Å². The summed E-state index contributed by atoms with van der Waals surface area (Å²) in [5.74, 6) is 1.11. The Bertz CT molecular complexity index is 803. The van der Waals surface area contributed by atoms with Gasteiger partial charge >= 0.3 is 0 Å². The normalized spacial score (nSPS) is 18.2. The average molecular weight is 366 g/mol. The van der Waals surface area contributed by atoms with Crippen LogP contribution < -0.4 is 4.90 Å². The van der Waals surface area contributed by atoms with Crippen molar-refractivity contribution < 1.29 is 4.79 Å². The summed E-state index contributed by atoms with van der Waals surface area (Å²) in [6.45, 7) is 3.16. The molecule has 0 radical (unpaired) electrons. The molecule has 1 amide bonds. The number of aromatic nitrogens is 3. The number of hydrogen-bond acceptors (Lipinski definition) is 6. The number of anilines is 1. The molecule has 0 saturated carbocycles. The number of pyridine rings is 1. The Hall–Kier alpha value is -2.54. The van der Waals surface area contributed by atoms with Crippen LogP contribution in [0.25, 0.3) is 0 Å². The third kappa shape index (κ3) is 3.51. The van der Waals surface area contributed by atoms with Gasteiger partial charge in [0.05, 0.1) is 12.2 Å². The summed E-state index contributed by atoms with van der Waals surface area (Å²) in [5.41, 5.74) is 3.09.